The summed E-state index contributed by atoms with van der Waals surface area (Å²) in [5.41, 5.74) is 1.96. The summed E-state index contributed by atoms with van der Waals surface area (Å²) in [4.78, 5) is 0. The average molecular weight is 283 g/mol. The summed E-state index contributed by atoms with van der Waals surface area (Å²) in [6.07, 6.45) is -0.671. The molecule has 2 rings (SSSR count). The molecule has 19 heavy (non-hydrogen) atoms. The van der Waals surface area contributed by atoms with Gasteiger partial charge in [0.1, 0.15) is 11.6 Å². The lowest BCUT2D eigenvalue weighted by Crippen LogP contribution is -2.04. The summed E-state index contributed by atoms with van der Waals surface area (Å²) in [5.74, 6) is -1.29. The molecule has 0 aliphatic heterocycles. The van der Waals surface area contributed by atoms with Crippen molar-refractivity contribution in [3.63, 3.8) is 0 Å². The van der Waals surface area contributed by atoms with Crippen LogP contribution in [0.3, 0.4) is 0 Å². The Morgan fingerprint density at radius 3 is 2.32 bits per heavy atom. The fraction of sp³-hybridized carbons (Fsp3) is 0.200. The van der Waals surface area contributed by atoms with Gasteiger partial charge < -0.3 is 5.11 Å². The van der Waals surface area contributed by atoms with E-state index in [1.165, 1.54) is 12.1 Å². The molecule has 0 saturated heterocycles. The lowest BCUT2D eigenvalue weighted by molar-refractivity contribution is 0.177. The molecular weight excluding hydrogens is 270 g/mol. The molecule has 0 heterocycles. The predicted octanol–water partition coefficient (Wildman–Crippen LogP) is 4.20. The van der Waals surface area contributed by atoms with E-state index in [2.05, 4.69) is 0 Å². The first-order valence-corrected chi connectivity index (χ1v) is 6.22. The minimum Gasteiger partial charge on any atom is -0.388 e. The quantitative estimate of drug-likeness (QED) is 0.894. The van der Waals surface area contributed by atoms with E-state index < -0.39 is 17.7 Å². The molecule has 0 saturated carbocycles. The second-order valence-electron chi connectivity index (χ2n) is 4.50. The largest absolute Gasteiger partial charge is 0.388 e. The molecule has 1 unspecified atom stereocenters. The van der Waals surface area contributed by atoms with Crippen LogP contribution < -0.4 is 0 Å². The van der Waals surface area contributed by atoms with Gasteiger partial charge in [0, 0.05) is 17.5 Å². The minimum absolute atomic E-state index is 0.150. The third-order valence-corrected chi connectivity index (χ3v) is 3.18. The van der Waals surface area contributed by atoms with Gasteiger partial charge in [-0.15, -0.1) is 0 Å². The number of benzene rings is 2. The van der Waals surface area contributed by atoms with E-state index in [0.29, 0.717) is 16.1 Å². The molecule has 0 fully saturated rings. The minimum atomic E-state index is -0.821. The maximum absolute atomic E-state index is 13.1. The highest BCUT2D eigenvalue weighted by Gasteiger charge is 2.12. The highest BCUT2D eigenvalue weighted by Crippen LogP contribution is 2.24. The van der Waals surface area contributed by atoms with Crippen LogP contribution in [-0.2, 0) is 6.42 Å². The number of hydrogen-bond acceptors (Lipinski definition) is 1. The van der Waals surface area contributed by atoms with Crippen LogP contribution in [-0.4, -0.2) is 5.11 Å². The molecule has 0 bridgehead atoms. The van der Waals surface area contributed by atoms with Crippen LogP contribution in [0.5, 0.6) is 0 Å². The highest BCUT2D eigenvalue weighted by atomic mass is 35.5. The molecule has 1 atom stereocenters. The van der Waals surface area contributed by atoms with Crippen LogP contribution >= 0.6 is 11.6 Å². The number of aryl methyl sites for hydroxylation is 1. The fourth-order valence-corrected chi connectivity index (χ4v) is 2.30. The number of hydrogen-bond donors (Lipinski definition) is 1. The maximum Gasteiger partial charge on any atom is 0.126 e. The summed E-state index contributed by atoms with van der Waals surface area (Å²) >= 11 is 5.84. The summed E-state index contributed by atoms with van der Waals surface area (Å²) < 4.78 is 26.1. The Hall–Kier alpha value is -1.45. The zero-order chi connectivity index (χ0) is 14.0. The first kappa shape index (κ1) is 14.0. The van der Waals surface area contributed by atoms with E-state index in [-0.39, 0.29) is 6.42 Å². The molecule has 1 nitrogen and oxygen atoms in total. The molecule has 0 radical (unpaired) electrons. The van der Waals surface area contributed by atoms with Crippen LogP contribution in [0.25, 0.3) is 0 Å². The average Bonchev–Trinajstić information content (AvgIpc) is 2.26. The van der Waals surface area contributed by atoms with E-state index >= 15 is 0 Å². The summed E-state index contributed by atoms with van der Waals surface area (Å²) in [5, 5.41) is 10.7. The smallest absolute Gasteiger partial charge is 0.126 e. The number of aliphatic hydroxyl groups is 1. The zero-order valence-electron chi connectivity index (χ0n) is 10.3. The van der Waals surface area contributed by atoms with Crippen molar-refractivity contribution in [2.75, 3.05) is 0 Å². The first-order chi connectivity index (χ1) is 8.95. The number of halogens is 3. The van der Waals surface area contributed by atoms with Crippen molar-refractivity contribution < 1.29 is 13.9 Å². The van der Waals surface area contributed by atoms with Gasteiger partial charge in [0.25, 0.3) is 0 Å². The van der Waals surface area contributed by atoms with E-state index in [9.17, 15) is 13.9 Å². The van der Waals surface area contributed by atoms with Gasteiger partial charge in [-0.1, -0.05) is 17.7 Å². The molecule has 2 aromatic rings. The summed E-state index contributed by atoms with van der Waals surface area (Å²) in [7, 11) is 0. The third-order valence-electron chi connectivity index (χ3n) is 2.94. The molecule has 0 amide bonds. The monoisotopic (exact) mass is 282 g/mol. The van der Waals surface area contributed by atoms with Crippen molar-refractivity contribution in [1.82, 2.24) is 0 Å². The molecule has 4 heteroatoms. The zero-order valence-corrected chi connectivity index (χ0v) is 11.1. The highest BCUT2D eigenvalue weighted by molar-refractivity contribution is 6.30. The van der Waals surface area contributed by atoms with E-state index in [1.807, 2.05) is 6.92 Å². The molecule has 100 valence electrons. The van der Waals surface area contributed by atoms with Gasteiger partial charge >= 0.3 is 0 Å². The van der Waals surface area contributed by atoms with Gasteiger partial charge in [-0.05, 0) is 47.9 Å². The Kier molecular flexibility index (Phi) is 4.17. The predicted molar refractivity (Wildman–Crippen MR) is 71.2 cm³/mol. The number of rotatable bonds is 3. The normalized spacial score (nSPS) is 12.5. The van der Waals surface area contributed by atoms with Gasteiger partial charge in [0.05, 0.1) is 6.10 Å². The molecule has 0 aliphatic carbocycles. The maximum atomic E-state index is 13.1. The standard InChI is InChI=1S/C15H13ClF2O/c1-9-4-11(16)2-3-14(9)15(19)7-10-5-12(17)8-13(18)6-10/h2-6,8,15,19H,7H2,1H3. The van der Waals surface area contributed by atoms with Crippen molar-refractivity contribution >= 4 is 11.6 Å². The van der Waals surface area contributed by atoms with Crippen molar-refractivity contribution in [1.29, 1.82) is 0 Å². The molecule has 0 spiro atoms. The Bertz CT molecular complexity index is 578. The van der Waals surface area contributed by atoms with Crippen LogP contribution in [0.2, 0.25) is 5.02 Å². The molecule has 0 aliphatic rings. The Balaban J connectivity index is 2.22. The van der Waals surface area contributed by atoms with Crippen molar-refractivity contribution in [2.45, 2.75) is 19.4 Å². The molecule has 2 aromatic carbocycles. The SMILES string of the molecule is Cc1cc(Cl)ccc1C(O)Cc1cc(F)cc(F)c1. The van der Waals surface area contributed by atoms with Crippen molar-refractivity contribution in [2.24, 2.45) is 0 Å². The van der Waals surface area contributed by atoms with Crippen LogP contribution in [0.15, 0.2) is 36.4 Å². The van der Waals surface area contributed by atoms with Crippen molar-refractivity contribution in [3.05, 3.63) is 69.7 Å². The van der Waals surface area contributed by atoms with Gasteiger partial charge in [-0.3, -0.25) is 0 Å². The van der Waals surface area contributed by atoms with E-state index in [4.69, 9.17) is 11.6 Å². The van der Waals surface area contributed by atoms with E-state index in [0.717, 1.165) is 11.6 Å². The Morgan fingerprint density at radius 1 is 1.11 bits per heavy atom. The Morgan fingerprint density at radius 2 is 1.74 bits per heavy atom. The van der Waals surface area contributed by atoms with Gasteiger partial charge in [-0.25, -0.2) is 8.78 Å². The molecule has 1 N–H and O–H groups in total. The van der Waals surface area contributed by atoms with Gasteiger partial charge in [-0.2, -0.15) is 0 Å². The van der Waals surface area contributed by atoms with Crippen LogP contribution in [0.1, 0.15) is 22.8 Å². The van der Waals surface area contributed by atoms with Crippen LogP contribution in [0, 0.1) is 18.6 Å². The van der Waals surface area contributed by atoms with Gasteiger partial charge in [0.15, 0.2) is 0 Å². The molecule has 0 aromatic heterocycles. The summed E-state index contributed by atoms with van der Waals surface area (Å²) in [6.45, 7) is 1.83. The topological polar surface area (TPSA) is 20.2 Å². The summed E-state index contributed by atoms with van der Waals surface area (Å²) in [6, 6.07) is 8.39. The van der Waals surface area contributed by atoms with Gasteiger partial charge in [0.2, 0.25) is 0 Å². The van der Waals surface area contributed by atoms with Crippen molar-refractivity contribution in [3.8, 4) is 0 Å². The second-order valence-corrected chi connectivity index (χ2v) is 4.93. The number of aliphatic hydroxyl groups excluding tert-OH is 1. The lowest BCUT2D eigenvalue weighted by atomic mass is 9.98. The Labute approximate surface area is 115 Å². The first-order valence-electron chi connectivity index (χ1n) is 5.85. The van der Waals surface area contributed by atoms with E-state index in [1.54, 1.807) is 18.2 Å². The fourth-order valence-electron chi connectivity index (χ4n) is 2.08. The molecular formula is C15H13ClF2O. The lowest BCUT2D eigenvalue weighted by Gasteiger charge is -2.14. The van der Waals surface area contributed by atoms with Crippen LogP contribution in [0.4, 0.5) is 8.78 Å². The third kappa shape index (κ3) is 3.52. The second kappa shape index (κ2) is 5.68.